The Labute approximate surface area is 191 Å². The molecule has 7 heteroatoms. The van der Waals surface area contributed by atoms with Gasteiger partial charge in [-0.05, 0) is 32.8 Å². The second kappa shape index (κ2) is 10.5. The number of aliphatic hydroxyl groups is 3. The number of hydrogen-bond donors (Lipinski definition) is 3. The van der Waals surface area contributed by atoms with Gasteiger partial charge in [-0.1, -0.05) is 30.3 Å². The number of aliphatic hydroxyl groups excluding tert-OH is 3. The molecule has 0 amide bonds. The number of hydrogen-bond acceptors (Lipinski definition) is 6. The van der Waals surface area contributed by atoms with Crippen molar-refractivity contribution < 1.29 is 68.9 Å². The van der Waals surface area contributed by atoms with Crippen LogP contribution in [0.2, 0.25) is 0 Å². The molecule has 1 aromatic carbocycles. The van der Waals surface area contributed by atoms with Gasteiger partial charge in [-0.15, -0.1) is 0 Å². The van der Waals surface area contributed by atoms with E-state index in [2.05, 4.69) is 0 Å². The fraction of sp³-hybridized carbons (Fsp3) is 0.632. The second-order valence-electron chi connectivity index (χ2n) is 7.63. The number of rotatable bonds is 6. The molecule has 1 fully saturated rings. The van der Waals surface area contributed by atoms with E-state index in [9.17, 15) is 20.1 Å². The minimum Gasteiger partial charge on any atom is -0.459 e. The molecule has 1 aromatic rings. The molecule has 1 unspecified atom stereocenters. The quantitative estimate of drug-likeness (QED) is 0.436. The molecular weight excluding hydrogens is 549 g/mol. The number of carbonyl (C=O) groups excluding carboxylic acids is 1. The van der Waals surface area contributed by atoms with Crippen LogP contribution in [0.4, 0.5) is 0 Å². The first-order valence-corrected chi connectivity index (χ1v) is 8.69. The van der Waals surface area contributed by atoms with Gasteiger partial charge in [0.15, 0.2) is 0 Å². The molecular formula is C19H29AcNO5. The van der Waals surface area contributed by atoms with Crippen LogP contribution in [0.25, 0.3) is 0 Å². The van der Waals surface area contributed by atoms with Crippen LogP contribution in [-0.2, 0) is 16.1 Å². The summed E-state index contributed by atoms with van der Waals surface area (Å²) in [4.78, 5) is 14.5. The molecule has 0 saturated carbocycles. The van der Waals surface area contributed by atoms with Crippen LogP contribution in [0.5, 0.6) is 0 Å². The number of likely N-dealkylation sites (tertiary alicyclic amines) is 1. The van der Waals surface area contributed by atoms with Gasteiger partial charge >= 0.3 is 5.97 Å². The summed E-state index contributed by atoms with van der Waals surface area (Å²) in [5, 5.41) is 29.4. The normalized spacial score (nSPS) is 24.8. The zero-order valence-electron chi connectivity index (χ0n) is 15.7. The van der Waals surface area contributed by atoms with Crippen LogP contribution in [0.1, 0.15) is 32.8 Å². The maximum absolute atomic E-state index is 12.7. The summed E-state index contributed by atoms with van der Waals surface area (Å²) in [6.07, 6.45) is -0.645. The molecule has 1 aliphatic rings. The van der Waals surface area contributed by atoms with Gasteiger partial charge in [0.25, 0.3) is 0 Å². The van der Waals surface area contributed by atoms with Crippen molar-refractivity contribution in [3.05, 3.63) is 35.9 Å². The summed E-state index contributed by atoms with van der Waals surface area (Å²) in [5.74, 6) is -0.669. The number of carbonyl (C=O) groups is 1. The van der Waals surface area contributed by atoms with Crippen LogP contribution >= 0.6 is 0 Å². The van der Waals surface area contributed by atoms with Crippen molar-refractivity contribution in [1.82, 2.24) is 4.90 Å². The third-order valence-electron chi connectivity index (χ3n) is 4.49. The molecule has 1 saturated heterocycles. The smallest absolute Gasteiger partial charge is 0.323 e. The summed E-state index contributed by atoms with van der Waals surface area (Å²) in [5.41, 5.74) is 0.377. The van der Waals surface area contributed by atoms with Crippen molar-refractivity contribution in [3.8, 4) is 0 Å². The van der Waals surface area contributed by atoms with Crippen LogP contribution in [0.3, 0.4) is 0 Å². The molecule has 26 heavy (non-hydrogen) atoms. The number of esters is 1. The first kappa shape index (κ1) is 24.0. The minimum absolute atomic E-state index is 0. The Morgan fingerprint density at radius 1 is 1.27 bits per heavy atom. The SMILES string of the molecule is CC(C)(C)OC(=O)[C@H]1C[C@@H](CO)[C@H](C(O)CO)N1Cc1ccccc1.[Ac]. The van der Waals surface area contributed by atoms with Crippen LogP contribution in [-0.4, -0.2) is 63.2 Å². The van der Waals surface area contributed by atoms with E-state index in [1.54, 1.807) is 0 Å². The van der Waals surface area contributed by atoms with Gasteiger partial charge in [0, 0.05) is 69.2 Å². The van der Waals surface area contributed by atoms with Gasteiger partial charge in [0.1, 0.15) is 11.6 Å². The molecule has 1 radical (unpaired) electrons. The minimum atomic E-state index is -1.03. The van der Waals surface area contributed by atoms with Crippen LogP contribution in [0, 0.1) is 50.0 Å². The fourth-order valence-electron chi connectivity index (χ4n) is 3.48. The third kappa shape index (κ3) is 6.25. The van der Waals surface area contributed by atoms with Gasteiger partial charge in [0.05, 0.1) is 12.7 Å². The molecule has 1 aliphatic heterocycles. The molecule has 1 heterocycles. The van der Waals surface area contributed by atoms with Crippen molar-refractivity contribution in [3.63, 3.8) is 0 Å². The zero-order valence-corrected chi connectivity index (χ0v) is 20.5. The van der Waals surface area contributed by atoms with Crippen LogP contribution < -0.4 is 0 Å². The van der Waals surface area contributed by atoms with E-state index in [4.69, 9.17) is 4.74 Å². The van der Waals surface area contributed by atoms with E-state index in [0.29, 0.717) is 13.0 Å². The van der Waals surface area contributed by atoms with E-state index < -0.39 is 30.4 Å². The third-order valence-corrected chi connectivity index (χ3v) is 4.49. The van der Waals surface area contributed by atoms with E-state index in [0.717, 1.165) is 5.56 Å². The Balaban J connectivity index is 0.00000338. The summed E-state index contributed by atoms with van der Waals surface area (Å²) in [6, 6.07) is 8.55. The molecule has 0 aliphatic carbocycles. The van der Waals surface area contributed by atoms with E-state index in [-0.39, 0.29) is 62.6 Å². The number of ether oxygens (including phenoxy) is 1. The van der Waals surface area contributed by atoms with Crippen molar-refractivity contribution in [2.24, 2.45) is 5.92 Å². The Kier molecular flexibility index (Phi) is 9.69. The Bertz CT molecular complexity index is 563. The van der Waals surface area contributed by atoms with Gasteiger partial charge in [0.2, 0.25) is 0 Å². The first-order chi connectivity index (χ1) is 11.8. The first-order valence-electron chi connectivity index (χ1n) is 8.69. The van der Waals surface area contributed by atoms with E-state index in [1.165, 1.54) is 0 Å². The molecule has 0 aromatic heterocycles. The molecule has 3 N–H and O–H groups in total. The predicted octanol–water partition coefficient (Wildman–Crippen LogP) is 0.933. The summed E-state index contributed by atoms with van der Waals surface area (Å²) in [6.45, 7) is 5.28. The molecule has 0 bridgehead atoms. The average Bonchev–Trinajstić information content (AvgIpc) is 2.92. The zero-order chi connectivity index (χ0) is 18.6. The van der Waals surface area contributed by atoms with Crippen molar-refractivity contribution in [2.75, 3.05) is 13.2 Å². The van der Waals surface area contributed by atoms with Crippen molar-refractivity contribution in [1.29, 1.82) is 0 Å². The standard InChI is InChI=1S/C19H29NO5.Ac/c1-19(2,3)25-18(24)15-9-14(11-21)17(16(23)12-22)20(15)10-13-7-5-4-6-8-13;/h4-8,14-17,21-23H,9-12H2,1-3H3;/t14-,15+,16?,17+;/m0./s1. The monoisotopic (exact) mass is 578 g/mol. The summed E-state index contributed by atoms with van der Waals surface area (Å²) >= 11 is 0. The largest absolute Gasteiger partial charge is 0.459 e. The van der Waals surface area contributed by atoms with Crippen LogP contribution in [0.15, 0.2) is 30.3 Å². The van der Waals surface area contributed by atoms with Gasteiger partial charge < -0.3 is 20.1 Å². The Morgan fingerprint density at radius 3 is 2.38 bits per heavy atom. The van der Waals surface area contributed by atoms with E-state index >= 15 is 0 Å². The van der Waals surface area contributed by atoms with Gasteiger partial charge in [-0.25, -0.2) is 0 Å². The fourth-order valence-corrected chi connectivity index (χ4v) is 3.48. The van der Waals surface area contributed by atoms with Gasteiger partial charge in [-0.3, -0.25) is 9.69 Å². The maximum Gasteiger partial charge on any atom is 0.323 e. The van der Waals surface area contributed by atoms with E-state index in [1.807, 2.05) is 56.0 Å². The molecule has 4 atom stereocenters. The molecule has 2 rings (SSSR count). The Hall–Kier alpha value is -0.0284. The van der Waals surface area contributed by atoms with Gasteiger partial charge in [-0.2, -0.15) is 0 Å². The predicted molar refractivity (Wildman–Crippen MR) is 93.7 cm³/mol. The maximum atomic E-state index is 12.7. The average molecular weight is 578 g/mol. The second-order valence-corrected chi connectivity index (χ2v) is 7.63. The topological polar surface area (TPSA) is 90.2 Å². The Morgan fingerprint density at radius 2 is 1.88 bits per heavy atom. The molecule has 6 nitrogen and oxygen atoms in total. The van der Waals surface area contributed by atoms with Crippen molar-refractivity contribution in [2.45, 2.75) is 57.5 Å². The molecule has 143 valence electrons. The van der Waals surface area contributed by atoms with Crippen molar-refractivity contribution >= 4 is 5.97 Å². The number of nitrogens with zero attached hydrogens (tertiary/aromatic N) is 1. The summed E-state index contributed by atoms with van der Waals surface area (Å²) in [7, 11) is 0. The number of benzene rings is 1. The summed E-state index contributed by atoms with van der Waals surface area (Å²) < 4.78 is 5.54. The molecule has 0 spiro atoms.